The van der Waals surface area contributed by atoms with E-state index in [9.17, 15) is 14.4 Å². The van der Waals surface area contributed by atoms with Gasteiger partial charge in [0.25, 0.3) is 5.91 Å². The highest BCUT2D eigenvalue weighted by Crippen LogP contribution is 2.24. The largest absolute Gasteiger partial charge is 0.497 e. The van der Waals surface area contributed by atoms with Gasteiger partial charge in [0.05, 0.1) is 31.8 Å². The van der Waals surface area contributed by atoms with Gasteiger partial charge in [0.15, 0.2) is 0 Å². The van der Waals surface area contributed by atoms with Crippen LogP contribution < -0.4 is 25.9 Å². The average Bonchev–Trinajstić information content (AvgIpc) is 2.92. The fourth-order valence-corrected chi connectivity index (χ4v) is 4.08. The summed E-state index contributed by atoms with van der Waals surface area (Å²) in [6.45, 7) is 4.40. The normalized spacial score (nSPS) is 10.7. The van der Waals surface area contributed by atoms with Crippen LogP contribution in [-0.4, -0.2) is 29.3 Å². The second-order valence-corrected chi connectivity index (χ2v) is 8.14. The van der Waals surface area contributed by atoms with E-state index >= 15 is 0 Å². The third kappa shape index (κ3) is 4.93. The number of carbonyl (C=O) groups is 1. The number of methoxy groups -OCH3 is 2. The molecule has 0 fully saturated rings. The van der Waals surface area contributed by atoms with Gasteiger partial charge in [-0.1, -0.05) is 30.3 Å². The predicted molar refractivity (Wildman–Crippen MR) is 139 cm³/mol. The van der Waals surface area contributed by atoms with Gasteiger partial charge in [-0.3, -0.25) is 23.5 Å². The van der Waals surface area contributed by atoms with Crippen LogP contribution in [0, 0.1) is 0 Å². The molecule has 0 bridgehead atoms. The molecule has 0 atom stereocenters. The molecule has 4 rings (SSSR count). The Morgan fingerprint density at radius 1 is 0.917 bits per heavy atom. The minimum Gasteiger partial charge on any atom is -0.497 e. The van der Waals surface area contributed by atoms with Gasteiger partial charge in [-0.05, 0) is 48.0 Å². The smallest absolute Gasteiger partial charge is 0.317 e. The lowest BCUT2D eigenvalue weighted by molar-refractivity contribution is 0.0950. The molecule has 0 radical (unpaired) electrons. The summed E-state index contributed by atoms with van der Waals surface area (Å²) in [7, 11) is 3.15. The molecule has 1 heterocycles. The maximum atomic E-state index is 12.9. The number of benzene rings is 3. The first-order valence-corrected chi connectivity index (χ1v) is 11.4. The van der Waals surface area contributed by atoms with Crippen LogP contribution in [-0.2, 0) is 19.6 Å². The molecule has 0 spiro atoms. The van der Waals surface area contributed by atoms with Crippen molar-refractivity contribution in [2.75, 3.05) is 14.2 Å². The number of para-hydroxylation sites is 2. The Kier molecular flexibility index (Phi) is 7.34. The summed E-state index contributed by atoms with van der Waals surface area (Å²) in [5.41, 5.74) is 2.15. The number of hydrogen-bond acceptors (Lipinski definition) is 5. The van der Waals surface area contributed by atoms with Crippen molar-refractivity contribution in [2.24, 2.45) is 0 Å². The molecular weight excluding hydrogens is 458 g/mol. The minimum atomic E-state index is -0.607. The number of nitrogens with zero attached hydrogens (tertiary/aromatic N) is 2. The molecule has 4 aromatic rings. The monoisotopic (exact) mass is 485 g/mol. The minimum absolute atomic E-state index is 0.201. The summed E-state index contributed by atoms with van der Waals surface area (Å²) >= 11 is 0. The van der Waals surface area contributed by atoms with Crippen molar-refractivity contribution in [1.29, 1.82) is 0 Å². The van der Waals surface area contributed by atoms with Crippen LogP contribution in [0.1, 0.15) is 21.5 Å². The van der Waals surface area contributed by atoms with E-state index in [-0.39, 0.29) is 25.5 Å². The molecule has 0 aliphatic carbocycles. The van der Waals surface area contributed by atoms with Gasteiger partial charge in [-0.2, -0.15) is 0 Å². The Labute approximate surface area is 208 Å². The molecule has 8 nitrogen and oxygen atoms in total. The lowest BCUT2D eigenvalue weighted by Crippen LogP contribution is -2.41. The van der Waals surface area contributed by atoms with Crippen LogP contribution >= 0.6 is 0 Å². The quantitative estimate of drug-likeness (QED) is 0.290. The van der Waals surface area contributed by atoms with Gasteiger partial charge >= 0.3 is 11.1 Å². The predicted octanol–water partition coefficient (Wildman–Crippen LogP) is 3.34. The number of hydrogen-bond donors (Lipinski definition) is 1. The number of allylic oxidation sites excluding steroid dienone is 1. The summed E-state index contributed by atoms with van der Waals surface area (Å²) in [6.07, 6.45) is 1.59. The van der Waals surface area contributed by atoms with E-state index in [0.717, 1.165) is 11.1 Å². The van der Waals surface area contributed by atoms with Gasteiger partial charge < -0.3 is 14.8 Å². The molecule has 0 unspecified atom stereocenters. The number of nitrogens with one attached hydrogen (secondary N) is 1. The molecule has 0 aliphatic rings. The number of rotatable bonds is 9. The van der Waals surface area contributed by atoms with Crippen LogP contribution in [0.2, 0.25) is 0 Å². The Morgan fingerprint density at radius 3 is 2.22 bits per heavy atom. The summed E-state index contributed by atoms with van der Waals surface area (Å²) in [4.78, 5) is 38.3. The van der Waals surface area contributed by atoms with Crippen molar-refractivity contribution in [1.82, 2.24) is 14.5 Å². The first-order valence-electron chi connectivity index (χ1n) is 11.4. The molecule has 1 N–H and O–H groups in total. The van der Waals surface area contributed by atoms with E-state index in [1.165, 1.54) is 9.13 Å². The molecule has 1 aromatic heterocycles. The summed E-state index contributed by atoms with van der Waals surface area (Å²) in [5.74, 6) is 1.07. The van der Waals surface area contributed by atoms with E-state index in [4.69, 9.17) is 9.47 Å². The zero-order valence-electron chi connectivity index (χ0n) is 20.2. The maximum Gasteiger partial charge on any atom is 0.317 e. The SMILES string of the molecule is C=CCn1c(=O)c(=O)n(Cc2ccc(C(=O)NCc3cc(OC)ccc3OC)cc2)c2ccccc21. The highest BCUT2D eigenvalue weighted by atomic mass is 16.5. The molecular formula is C28H27N3O5. The summed E-state index contributed by atoms with van der Waals surface area (Å²) < 4.78 is 13.5. The van der Waals surface area contributed by atoms with Crippen molar-refractivity contribution in [3.8, 4) is 11.5 Å². The Bertz CT molecular complexity index is 1530. The molecule has 8 heteroatoms. The zero-order valence-corrected chi connectivity index (χ0v) is 20.2. The number of ether oxygens (including phenoxy) is 2. The van der Waals surface area contributed by atoms with Crippen molar-refractivity contribution in [2.45, 2.75) is 19.6 Å². The maximum absolute atomic E-state index is 12.9. The van der Waals surface area contributed by atoms with E-state index in [0.29, 0.717) is 28.1 Å². The molecule has 184 valence electrons. The van der Waals surface area contributed by atoms with Gasteiger partial charge in [-0.25, -0.2) is 0 Å². The molecule has 3 aromatic carbocycles. The average molecular weight is 486 g/mol. The Hall–Kier alpha value is -4.59. The van der Waals surface area contributed by atoms with Gasteiger partial charge in [0, 0.05) is 24.2 Å². The first kappa shape index (κ1) is 24.5. The van der Waals surface area contributed by atoms with Crippen LogP contribution in [0.4, 0.5) is 0 Å². The standard InChI is InChI=1S/C28H27N3O5/c1-4-15-30-23-7-5-6-8-24(23)31(28(34)27(30)33)18-19-9-11-20(12-10-19)26(32)29-17-21-16-22(35-2)13-14-25(21)36-3/h4-14,16H,1,15,17-18H2,2-3H3,(H,29,32). The lowest BCUT2D eigenvalue weighted by Gasteiger charge is -2.14. The van der Waals surface area contributed by atoms with Gasteiger partial charge in [-0.15, -0.1) is 6.58 Å². The topological polar surface area (TPSA) is 91.6 Å². The van der Waals surface area contributed by atoms with E-state index < -0.39 is 11.1 Å². The van der Waals surface area contributed by atoms with Crippen LogP contribution in [0.3, 0.4) is 0 Å². The fourth-order valence-electron chi connectivity index (χ4n) is 4.08. The third-order valence-electron chi connectivity index (χ3n) is 5.93. The molecule has 0 saturated heterocycles. The zero-order chi connectivity index (χ0) is 25.7. The second kappa shape index (κ2) is 10.8. The van der Waals surface area contributed by atoms with Crippen molar-refractivity contribution in [3.05, 3.63) is 117 Å². The Balaban J connectivity index is 1.54. The van der Waals surface area contributed by atoms with E-state index in [1.54, 1.807) is 62.8 Å². The van der Waals surface area contributed by atoms with Crippen LogP contribution in [0.5, 0.6) is 11.5 Å². The van der Waals surface area contributed by atoms with Crippen LogP contribution in [0.25, 0.3) is 11.0 Å². The summed E-state index contributed by atoms with van der Waals surface area (Å²) in [6, 6.07) is 19.6. The van der Waals surface area contributed by atoms with Gasteiger partial charge in [0.1, 0.15) is 11.5 Å². The molecule has 36 heavy (non-hydrogen) atoms. The van der Waals surface area contributed by atoms with E-state index in [2.05, 4.69) is 11.9 Å². The number of aromatic nitrogens is 2. The van der Waals surface area contributed by atoms with Crippen molar-refractivity contribution in [3.63, 3.8) is 0 Å². The fraction of sp³-hybridized carbons (Fsp3) is 0.179. The van der Waals surface area contributed by atoms with Gasteiger partial charge in [0.2, 0.25) is 0 Å². The molecule has 0 saturated carbocycles. The Morgan fingerprint density at radius 2 is 1.58 bits per heavy atom. The second-order valence-electron chi connectivity index (χ2n) is 8.14. The number of fused-ring (bicyclic) bond motifs is 1. The number of amides is 1. The summed E-state index contributed by atoms with van der Waals surface area (Å²) in [5, 5.41) is 2.89. The number of carbonyl (C=O) groups excluding carboxylic acids is 1. The van der Waals surface area contributed by atoms with Crippen LogP contribution in [0.15, 0.2) is 89.0 Å². The van der Waals surface area contributed by atoms with Crippen molar-refractivity contribution < 1.29 is 14.3 Å². The van der Waals surface area contributed by atoms with Crippen molar-refractivity contribution >= 4 is 16.9 Å². The molecule has 0 aliphatic heterocycles. The first-order chi connectivity index (χ1) is 17.5. The lowest BCUT2D eigenvalue weighted by atomic mass is 10.1. The molecule has 1 amide bonds. The highest BCUT2D eigenvalue weighted by Gasteiger charge is 2.13. The highest BCUT2D eigenvalue weighted by molar-refractivity contribution is 5.94. The van der Waals surface area contributed by atoms with E-state index in [1.807, 2.05) is 24.3 Å². The third-order valence-corrected chi connectivity index (χ3v) is 5.93.